The molecule has 1 atom stereocenters. The van der Waals surface area contributed by atoms with Crippen molar-refractivity contribution in [2.75, 3.05) is 12.9 Å². The number of halogens is 1. The molecule has 0 saturated carbocycles. The van der Waals surface area contributed by atoms with Crippen molar-refractivity contribution in [2.45, 2.75) is 6.04 Å². The van der Waals surface area contributed by atoms with Crippen molar-refractivity contribution in [3.8, 4) is 0 Å². The zero-order valence-corrected chi connectivity index (χ0v) is 6.65. The molecule has 0 heterocycles. The minimum Gasteiger partial charge on any atom is -1.00 e. The van der Waals surface area contributed by atoms with Crippen LogP contribution in [-0.2, 0) is 9.53 Å². The molecule has 0 aliphatic heterocycles. The van der Waals surface area contributed by atoms with Gasteiger partial charge >= 0.3 is 5.97 Å². The highest BCUT2D eigenvalue weighted by atomic mass is 35.5. The minimum absolute atomic E-state index is 0. The number of methoxy groups -OCH3 is 1. The van der Waals surface area contributed by atoms with Crippen LogP contribution in [0, 0.1) is 0 Å². The fourth-order valence-corrected chi connectivity index (χ4v) is 0.375. The summed E-state index contributed by atoms with van der Waals surface area (Å²) in [5.41, 5.74) is 5.18. The Morgan fingerprint density at radius 3 is 2.44 bits per heavy atom. The second-order valence-corrected chi connectivity index (χ2v) is 1.68. The first kappa shape index (κ1) is 11.8. The lowest BCUT2D eigenvalue weighted by atomic mass is 10.4. The molecule has 0 aliphatic carbocycles. The fraction of sp³-hybridized carbons (Fsp3) is 0.750. The van der Waals surface area contributed by atoms with Gasteiger partial charge in [0.05, 0.1) is 7.11 Å². The Kier molecular flexibility index (Phi) is 8.13. The minimum atomic E-state index is -0.580. The van der Waals surface area contributed by atoms with Crippen LogP contribution in [0.15, 0.2) is 0 Å². The smallest absolute Gasteiger partial charge is 0.323 e. The van der Waals surface area contributed by atoms with E-state index in [0.29, 0.717) is 5.75 Å². The molecule has 0 spiro atoms. The van der Waals surface area contributed by atoms with Crippen LogP contribution in [0.2, 0.25) is 0 Å². The van der Waals surface area contributed by atoms with Crippen molar-refractivity contribution >= 4 is 18.6 Å². The van der Waals surface area contributed by atoms with Gasteiger partial charge in [0.15, 0.2) is 0 Å². The van der Waals surface area contributed by atoms with Gasteiger partial charge in [0.25, 0.3) is 0 Å². The Morgan fingerprint density at radius 1 is 1.89 bits per heavy atom. The van der Waals surface area contributed by atoms with E-state index in [1.165, 1.54) is 7.11 Å². The van der Waals surface area contributed by atoms with Crippen LogP contribution in [0.1, 0.15) is 0 Å². The molecule has 0 aromatic heterocycles. The summed E-state index contributed by atoms with van der Waals surface area (Å²) in [6.45, 7) is 0. The van der Waals surface area contributed by atoms with Crippen LogP contribution >= 0.6 is 12.6 Å². The second-order valence-electron chi connectivity index (χ2n) is 1.31. The predicted octanol–water partition coefficient (Wildman–Crippen LogP) is -3.58. The molecule has 0 aromatic rings. The lowest BCUT2D eigenvalue weighted by molar-refractivity contribution is -0.141. The Bertz CT molecular complexity index is 90.6. The van der Waals surface area contributed by atoms with Gasteiger partial charge in [0.2, 0.25) is 0 Å². The molecule has 2 N–H and O–H groups in total. The summed E-state index contributed by atoms with van der Waals surface area (Å²) in [6, 6.07) is -0.580. The highest BCUT2D eigenvalue weighted by molar-refractivity contribution is 7.80. The quantitative estimate of drug-likeness (QED) is 0.333. The first-order valence-corrected chi connectivity index (χ1v) is 2.80. The van der Waals surface area contributed by atoms with Crippen molar-refractivity contribution in [2.24, 2.45) is 5.73 Å². The van der Waals surface area contributed by atoms with E-state index in [2.05, 4.69) is 17.4 Å². The van der Waals surface area contributed by atoms with Crippen LogP contribution in [0.4, 0.5) is 0 Å². The Hall–Kier alpha value is 0.0700. The third kappa shape index (κ3) is 4.57. The molecule has 0 unspecified atom stereocenters. The SMILES string of the molecule is COC(=O)[C@@H](N)CS.[Cl-]. The molecule has 9 heavy (non-hydrogen) atoms. The Balaban J connectivity index is 0. The number of esters is 1. The van der Waals surface area contributed by atoms with Gasteiger partial charge in [-0.3, -0.25) is 4.79 Å². The number of hydrogen-bond acceptors (Lipinski definition) is 4. The molecule has 0 saturated heterocycles. The molecule has 56 valence electrons. The maximum absolute atomic E-state index is 10.3. The Labute approximate surface area is 65.8 Å². The van der Waals surface area contributed by atoms with Crippen LogP contribution < -0.4 is 18.1 Å². The first-order chi connectivity index (χ1) is 3.72. The van der Waals surface area contributed by atoms with Gasteiger partial charge in [-0.15, -0.1) is 0 Å². The number of carbonyl (C=O) groups excluding carboxylic acids is 1. The van der Waals surface area contributed by atoms with Crippen LogP contribution in [0.5, 0.6) is 0 Å². The van der Waals surface area contributed by atoms with Gasteiger partial charge in [0.1, 0.15) is 6.04 Å². The maximum Gasteiger partial charge on any atom is 0.323 e. The lowest BCUT2D eigenvalue weighted by Gasteiger charge is -2.02. The van der Waals surface area contributed by atoms with E-state index in [4.69, 9.17) is 5.73 Å². The summed E-state index contributed by atoms with van der Waals surface area (Å²) in [5.74, 6) is -0.0906. The Morgan fingerprint density at radius 2 is 2.33 bits per heavy atom. The average Bonchev–Trinajstić information content (AvgIpc) is 1.84. The third-order valence-corrected chi connectivity index (χ3v) is 1.09. The van der Waals surface area contributed by atoms with Crippen molar-refractivity contribution in [3.05, 3.63) is 0 Å². The highest BCUT2D eigenvalue weighted by Gasteiger charge is 2.09. The molecule has 0 fully saturated rings. The van der Waals surface area contributed by atoms with Gasteiger partial charge in [-0.2, -0.15) is 12.6 Å². The monoisotopic (exact) mass is 170 g/mol. The van der Waals surface area contributed by atoms with Gasteiger partial charge in [-0.05, 0) is 0 Å². The summed E-state index contributed by atoms with van der Waals surface area (Å²) >= 11 is 3.78. The van der Waals surface area contributed by atoms with E-state index in [1.807, 2.05) is 0 Å². The molecule has 5 heteroatoms. The lowest BCUT2D eigenvalue weighted by Crippen LogP contribution is -3.00. The first-order valence-electron chi connectivity index (χ1n) is 2.16. The molecular weight excluding hydrogens is 162 g/mol. The zero-order valence-electron chi connectivity index (χ0n) is 5.00. The standard InChI is InChI=1S/C4H9NO2S.ClH/c1-7-4(6)3(5)2-8;/h3,8H,2,5H2,1H3;1H/p-1/t3-;/m0./s1. The number of carbonyl (C=O) groups is 1. The van der Waals surface area contributed by atoms with E-state index in [9.17, 15) is 4.79 Å². The summed E-state index contributed by atoms with van der Waals surface area (Å²) in [7, 11) is 1.30. The maximum atomic E-state index is 10.3. The number of nitrogens with two attached hydrogens (primary N) is 1. The van der Waals surface area contributed by atoms with Gasteiger partial charge in [-0.25, -0.2) is 0 Å². The fourth-order valence-electron chi connectivity index (χ4n) is 0.226. The normalized spacial score (nSPS) is 11.4. The topological polar surface area (TPSA) is 52.3 Å². The summed E-state index contributed by atoms with van der Waals surface area (Å²) in [5, 5.41) is 0. The average molecular weight is 171 g/mol. The van der Waals surface area contributed by atoms with Crippen molar-refractivity contribution < 1.29 is 21.9 Å². The number of thiol groups is 1. The zero-order chi connectivity index (χ0) is 6.57. The molecule has 0 aliphatic rings. The van der Waals surface area contributed by atoms with Gasteiger partial charge < -0.3 is 22.9 Å². The molecule has 0 rings (SSSR count). The summed E-state index contributed by atoms with van der Waals surface area (Å²) in [6.07, 6.45) is 0. The highest BCUT2D eigenvalue weighted by Crippen LogP contribution is 1.84. The number of rotatable bonds is 2. The van der Waals surface area contributed by atoms with Crippen LogP contribution in [0.3, 0.4) is 0 Å². The predicted molar refractivity (Wildman–Crippen MR) is 33.8 cm³/mol. The number of hydrogen-bond donors (Lipinski definition) is 2. The molecule has 0 bridgehead atoms. The summed E-state index contributed by atoms with van der Waals surface area (Å²) < 4.78 is 4.29. The van der Waals surface area contributed by atoms with E-state index in [0.717, 1.165) is 0 Å². The molecule has 0 radical (unpaired) electrons. The van der Waals surface area contributed by atoms with Crippen molar-refractivity contribution in [3.63, 3.8) is 0 Å². The summed E-state index contributed by atoms with van der Waals surface area (Å²) in [4.78, 5) is 10.3. The van der Waals surface area contributed by atoms with Gasteiger partial charge in [0, 0.05) is 5.75 Å². The van der Waals surface area contributed by atoms with Crippen molar-refractivity contribution in [1.29, 1.82) is 0 Å². The second kappa shape index (κ2) is 6.19. The van der Waals surface area contributed by atoms with E-state index >= 15 is 0 Å². The largest absolute Gasteiger partial charge is 1.00 e. The van der Waals surface area contributed by atoms with Crippen LogP contribution in [0.25, 0.3) is 0 Å². The molecular formula is C4H9ClNO2S-. The number of ether oxygens (including phenoxy) is 1. The van der Waals surface area contributed by atoms with Crippen molar-refractivity contribution in [1.82, 2.24) is 0 Å². The molecule has 0 aromatic carbocycles. The molecule has 0 amide bonds. The van der Waals surface area contributed by atoms with Gasteiger partial charge in [-0.1, -0.05) is 0 Å². The molecule has 3 nitrogen and oxygen atoms in total. The van der Waals surface area contributed by atoms with E-state index in [1.54, 1.807) is 0 Å². The third-order valence-electron chi connectivity index (χ3n) is 0.701. The van der Waals surface area contributed by atoms with Crippen LogP contribution in [-0.4, -0.2) is 24.9 Å². The van der Waals surface area contributed by atoms with E-state index in [-0.39, 0.29) is 12.4 Å². The van der Waals surface area contributed by atoms with E-state index < -0.39 is 12.0 Å².